The number of pyridine rings is 1. The number of nitrogens with zero attached hydrogens (tertiary/aromatic N) is 5. The van der Waals surface area contributed by atoms with E-state index in [9.17, 15) is 4.79 Å². The van der Waals surface area contributed by atoms with E-state index in [1.165, 1.54) is 25.4 Å². The highest BCUT2D eigenvalue weighted by Crippen LogP contribution is 2.44. The number of hydrogen-bond acceptors (Lipinski definition) is 8. The minimum absolute atomic E-state index is 0.139. The Balaban J connectivity index is 1.62. The molecule has 0 unspecified atom stereocenters. The fraction of sp³-hybridized carbons (Fsp3) is 0.192. The van der Waals surface area contributed by atoms with E-state index in [2.05, 4.69) is 32.3 Å². The van der Waals surface area contributed by atoms with Crippen LogP contribution in [0.3, 0.4) is 0 Å². The number of aryl methyl sites for hydroxylation is 1. The lowest BCUT2D eigenvalue weighted by molar-refractivity contribution is -0.114. The molecule has 4 aromatic rings. The number of nitrogens with one attached hydrogen (secondary N) is 2. The highest BCUT2D eigenvalue weighted by atomic mass is 32.1. The minimum atomic E-state index is -0.139. The Morgan fingerprint density at radius 2 is 2.08 bits per heavy atom. The first-order chi connectivity index (χ1) is 17.6. The number of rotatable bonds is 8. The largest absolute Gasteiger partial charge is 0.399 e. The van der Waals surface area contributed by atoms with Gasteiger partial charge in [0.15, 0.2) is 5.13 Å². The van der Waals surface area contributed by atoms with E-state index in [0.29, 0.717) is 11.7 Å². The van der Waals surface area contributed by atoms with Crippen LogP contribution in [0.15, 0.2) is 60.4 Å². The molecule has 3 aromatic heterocycles. The van der Waals surface area contributed by atoms with Crippen LogP contribution in [-0.4, -0.2) is 45.5 Å². The molecule has 0 saturated heterocycles. The highest BCUT2D eigenvalue weighted by molar-refractivity contribution is 7.19. The highest BCUT2D eigenvalue weighted by Gasteiger charge is 2.30. The van der Waals surface area contributed by atoms with Crippen LogP contribution in [0.4, 0.5) is 10.9 Å². The van der Waals surface area contributed by atoms with Gasteiger partial charge in [0.25, 0.3) is 0 Å². The quantitative estimate of drug-likeness (QED) is 0.207. The summed E-state index contributed by atoms with van der Waals surface area (Å²) in [6.45, 7) is 5.87. The monoisotopic (exact) mass is 499 g/mol. The van der Waals surface area contributed by atoms with Crippen LogP contribution in [0.1, 0.15) is 23.7 Å². The number of hydrogen-bond donors (Lipinski definition) is 2. The maximum Gasteiger partial charge on any atom is 0.223 e. The van der Waals surface area contributed by atoms with Gasteiger partial charge in [-0.05, 0) is 42.7 Å². The second-order valence-electron chi connectivity index (χ2n) is 8.17. The van der Waals surface area contributed by atoms with E-state index in [1.807, 2.05) is 47.3 Å². The Morgan fingerprint density at radius 1 is 1.25 bits per heavy atom. The van der Waals surface area contributed by atoms with Gasteiger partial charge in [-0.15, -0.1) is 6.58 Å². The molecule has 0 radical (unpaired) electrons. The predicted molar refractivity (Wildman–Crippen MR) is 143 cm³/mol. The number of aromatic nitrogens is 4. The lowest BCUT2D eigenvalue weighted by Crippen LogP contribution is -2.07. The number of carbonyl (C=O) groups is 1. The van der Waals surface area contributed by atoms with Gasteiger partial charge in [-0.1, -0.05) is 34.7 Å². The van der Waals surface area contributed by atoms with E-state index in [0.717, 1.165) is 63.0 Å². The number of fused-ring (bicyclic) bond motifs is 3. The summed E-state index contributed by atoms with van der Waals surface area (Å²) in [6.07, 6.45) is 6.85. The minimum Gasteiger partial charge on any atom is -0.399 e. The Morgan fingerprint density at radius 3 is 2.78 bits per heavy atom. The molecule has 0 spiro atoms. The second-order valence-corrected chi connectivity index (χ2v) is 9.17. The van der Waals surface area contributed by atoms with Gasteiger partial charge in [-0.2, -0.15) is 5.10 Å². The molecule has 1 aliphatic carbocycles. The summed E-state index contributed by atoms with van der Waals surface area (Å²) in [6, 6.07) is 11.9. The summed E-state index contributed by atoms with van der Waals surface area (Å²) in [5.74, 6) is 0.644. The van der Waals surface area contributed by atoms with E-state index in [1.54, 1.807) is 12.3 Å². The summed E-state index contributed by atoms with van der Waals surface area (Å²) in [5, 5.41) is 15.5. The van der Waals surface area contributed by atoms with Crippen molar-refractivity contribution in [3.05, 3.63) is 72.1 Å². The van der Waals surface area contributed by atoms with Crippen LogP contribution < -0.4 is 10.6 Å². The number of amides is 1. The average molecular weight is 500 g/mol. The van der Waals surface area contributed by atoms with Gasteiger partial charge in [0.05, 0.1) is 33.9 Å². The van der Waals surface area contributed by atoms with Gasteiger partial charge in [0.1, 0.15) is 12.9 Å². The molecule has 1 aliphatic rings. The van der Waals surface area contributed by atoms with Crippen LogP contribution in [0.5, 0.6) is 0 Å². The summed E-state index contributed by atoms with van der Waals surface area (Å²) in [5.41, 5.74) is 6.75. The Labute approximate surface area is 212 Å². The number of benzene rings is 1. The third-order valence-corrected chi connectivity index (χ3v) is 6.72. The average Bonchev–Trinajstić information content (AvgIpc) is 3.47. The standard InChI is InChI=1S/C26H25N7O2S/c1-4-13-27-22-12-7-18(15-28-22)23-20-10-11-21-25(36-26(31-21)30-16(2)34)24(20)33(32-23)19-8-5-17(6-9-19)14-29-35-3/h4-9,12,14-15H,1,10-11,13H2,2-3H3,(H,27,28)(H,30,31,34)/b29-14+. The third kappa shape index (κ3) is 4.63. The molecule has 0 fully saturated rings. The zero-order valence-corrected chi connectivity index (χ0v) is 20.8. The van der Waals surface area contributed by atoms with Crippen molar-refractivity contribution in [2.24, 2.45) is 5.16 Å². The lowest BCUT2D eigenvalue weighted by atomic mass is 9.95. The molecule has 36 heavy (non-hydrogen) atoms. The molecule has 9 nitrogen and oxygen atoms in total. The topological polar surface area (TPSA) is 106 Å². The number of oxime groups is 1. The van der Waals surface area contributed by atoms with Crippen molar-refractivity contribution in [1.29, 1.82) is 0 Å². The molecule has 0 saturated carbocycles. The number of carbonyl (C=O) groups excluding carboxylic acids is 1. The molecular formula is C26H25N7O2S. The van der Waals surface area contributed by atoms with Gasteiger partial charge < -0.3 is 15.5 Å². The van der Waals surface area contributed by atoms with Crippen LogP contribution in [0.2, 0.25) is 0 Å². The Hall–Kier alpha value is -4.31. The first kappa shape index (κ1) is 23.4. The molecule has 3 heterocycles. The van der Waals surface area contributed by atoms with Crippen molar-refractivity contribution in [3.8, 4) is 27.5 Å². The number of anilines is 2. The molecule has 0 bridgehead atoms. The zero-order chi connectivity index (χ0) is 25.1. The fourth-order valence-electron chi connectivity index (χ4n) is 4.12. The molecular weight excluding hydrogens is 474 g/mol. The SMILES string of the molecule is C=CCNc1ccc(-c2nn(-c3ccc(/C=N/OC)cc3)c3c2CCc2nc(NC(C)=O)sc2-3)cn1. The zero-order valence-electron chi connectivity index (χ0n) is 20.0. The van der Waals surface area contributed by atoms with Crippen LogP contribution in [0.25, 0.3) is 27.5 Å². The number of thiazole rings is 1. The van der Waals surface area contributed by atoms with Crippen molar-refractivity contribution in [2.45, 2.75) is 19.8 Å². The first-order valence-electron chi connectivity index (χ1n) is 11.4. The molecule has 10 heteroatoms. The van der Waals surface area contributed by atoms with Crippen molar-refractivity contribution < 1.29 is 9.63 Å². The van der Waals surface area contributed by atoms with E-state index in [4.69, 9.17) is 9.94 Å². The predicted octanol–water partition coefficient (Wildman–Crippen LogP) is 4.69. The smallest absolute Gasteiger partial charge is 0.223 e. The molecule has 182 valence electrons. The van der Waals surface area contributed by atoms with Crippen molar-refractivity contribution in [2.75, 3.05) is 24.3 Å². The fourth-order valence-corrected chi connectivity index (χ4v) is 5.24. The first-order valence-corrected chi connectivity index (χ1v) is 12.3. The Kier molecular flexibility index (Phi) is 6.59. The van der Waals surface area contributed by atoms with Gasteiger partial charge in [-0.25, -0.2) is 14.6 Å². The van der Waals surface area contributed by atoms with E-state index >= 15 is 0 Å². The van der Waals surface area contributed by atoms with E-state index < -0.39 is 0 Å². The van der Waals surface area contributed by atoms with Crippen LogP contribution >= 0.6 is 11.3 Å². The van der Waals surface area contributed by atoms with Gasteiger partial charge >= 0.3 is 0 Å². The maximum absolute atomic E-state index is 11.7. The molecule has 1 aromatic carbocycles. The summed E-state index contributed by atoms with van der Waals surface area (Å²) in [4.78, 5) is 26.7. The summed E-state index contributed by atoms with van der Waals surface area (Å²) in [7, 11) is 1.52. The van der Waals surface area contributed by atoms with Crippen LogP contribution in [0, 0.1) is 0 Å². The van der Waals surface area contributed by atoms with Crippen molar-refractivity contribution in [3.63, 3.8) is 0 Å². The Bertz CT molecular complexity index is 1440. The molecule has 0 aliphatic heterocycles. The van der Waals surface area contributed by atoms with Crippen molar-refractivity contribution >= 4 is 34.4 Å². The summed E-state index contributed by atoms with van der Waals surface area (Å²) < 4.78 is 1.96. The van der Waals surface area contributed by atoms with Crippen molar-refractivity contribution in [1.82, 2.24) is 19.7 Å². The molecule has 5 rings (SSSR count). The lowest BCUT2D eigenvalue weighted by Gasteiger charge is -2.14. The molecule has 1 amide bonds. The second kappa shape index (κ2) is 10.1. The van der Waals surface area contributed by atoms with E-state index in [-0.39, 0.29) is 5.91 Å². The maximum atomic E-state index is 11.7. The third-order valence-electron chi connectivity index (χ3n) is 5.70. The summed E-state index contributed by atoms with van der Waals surface area (Å²) >= 11 is 1.47. The van der Waals surface area contributed by atoms with Gasteiger partial charge in [-0.3, -0.25) is 4.79 Å². The molecule has 0 atom stereocenters. The molecule has 2 N–H and O–H groups in total. The normalized spacial score (nSPS) is 12.2. The van der Waals surface area contributed by atoms with Gasteiger partial charge in [0, 0.05) is 30.8 Å². The van der Waals surface area contributed by atoms with Gasteiger partial charge in [0.2, 0.25) is 5.91 Å². The van der Waals surface area contributed by atoms with Crippen LogP contribution in [-0.2, 0) is 22.5 Å².